The fourth-order valence-corrected chi connectivity index (χ4v) is 3.78. The highest BCUT2D eigenvalue weighted by molar-refractivity contribution is 7.52. The zero-order valence-corrected chi connectivity index (χ0v) is 17.2. The lowest BCUT2D eigenvalue weighted by atomic mass is 10.1. The van der Waals surface area contributed by atoms with Crippen LogP contribution in [0.1, 0.15) is 71.1 Å². The minimum Gasteiger partial charge on any atom is -0.344 e. The maximum atomic E-state index is 12.1. The van der Waals surface area contributed by atoms with E-state index in [1.807, 2.05) is 11.9 Å². The van der Waals surface area contributed by atoms with Crippen molar-refractivity contribution in [2.75, 3.05) is 33.8 Å². The molecule has 148 valence electrons. The van der Waals surface area contributed by atoms with Gasteiger partial charge in [0.15, 0.2) is 0 Å². The monoisotopic (exact) mass is 376 g/mol. The Balaban J connectivity index is 2.23. The van der Waals surface area contributed by atoms with Gasteiger partial charge in [-0.05, 0) is 6.42 Å². The number of guanidine groups is 1. The molecule has 1 atom stereocenters. The molecule has 0 spiro atoms. The van der Waals surface area contributed by atoms with Gasteiger partial charge in [-0.1, -0.05) is 64.7 Å². The molecular formula is C17H37N4O3P. The highest BCUT2D eigenvalue weighted by Gasteiger charge is 2.29. The third-order valence-corrected chi connectivity index (χ3v) is 5.84. The lowest BCUT2D eigenvalue weighted by Crippen LogP contribution is -2.32. The fraction of sp³-hybridized carbons (Fsp3) is 0.941. The minimum atomic E-state index is -3.59. The second-order valence-electron chi connectivity index (χ2n) is 6.75. The Bertz CT molecular complexity index is 426. The molecule has 2 N–H and O–H groups in total. The molecule has 1 fully saturated rings. The van der Waals surface area contributed by atoms with E-state index in [1.54, 1.807) is 0 Å². The van der Waals surface area contributed by atoms with Crippen LogP contribution in [-0.2, 0) is 13.7 Å². The van der Waals surface area contributed by atoms with E-state index in [9.17, 15) is 4.57 Å². The van der Waals surface area contributed by atoms with Gasteiger partial charge in [-0.3, -0.25) is 4.52 Å². The molecule has 0 radical (unpaired) electrons. The normalized spacial score (nSPS) is 19.0. The zero-order chi connectivity index (χ0) is 18.5. The summed E-state index contributed by atoms with van der Waals surface area (Å²) in [6.07, 6.45) is 13.1. The molecule has 0 aromatic rings. The number of nitrogens with zero attached hydrogens (tertiary/aromatic N) is 3. The summed E-state index contributed by atoms with van der Waals surface area (Å²) in [5.74, 6) is 5.71. The molecule has 1 rings (SSSR count). The molecule has 8 heteroatoms. The molecular weight excluding hydrogens is 339 g/mol. The Hall–Kier alpha value is -0.620. The van der Waals surface area contributed by atoms with Gasteiger partial charge in [0.25, 0.3) is 0 Å². The van der Waals surface area contributed by atoms with E-state index in [4.69, 9.17) is 10.4 Å². The largest absolute Gasteiger partial charge is 0.473 e. The minimum absolute atomic E-state index is 0.645. The molecule has 0 aromatic heterocycles. The molecule has 0 bridgehead atoms. The molecule has 0 saturated carbocycles. The number of likely N-dealkylation sites (N-methyl/N-ethyl adjacent to an activating group) is 1. The van der Waals surface area contributed by atoms with Crippen LogP contribution < -0.4 is 5.90 Å². The van der Waals surface area contributed by atoms with Crippen molar-refractivity contribution in [3.05, 3.63) is 0 Å². The van der Waals surface area contributed by atoms with Crippen LogP contribution in [0.25, 0.3) is 0 Å². The number of unbranched alkanes of at least 4 members (excludes halogenated alkanes) is 9. The first kappa shape index (κ1) is 22.4. The number of rotatable bonds is 14. The summed E-state index contributed by atoms with van der Waals surface area (Å²) in [4.78, 5) is 4.09. The second-order valence-corrected chi connectivity index (χ2v) is 8.46. The average Bonchev–Trinajstić information content (AvgIpc) is 2.96. The zero-order valence-electron chi connectivity index (χ0n) is 16.3. The highest BCUT2D eigenvalue weighted by atomic mass is 31.2. The van der Waals surface area contributed by atoms with Crippen molar-refractivity contribution >= 4 is 13.7 Å². The summed E-state index contributed by atoms with van der Waals surface area (Å²) in [7, 11) is -0.373. The Labute approximate surface area is 153 Å². The van der Waals surface area contributed by atoms with Gasteiger partial charge in [0.05, 0.1) is 0 Å². The quantitative estimate of drug-likeness (QED) is 0.279. The maximum Gasteiger partial charge on any atom is 0.473 e. The molecule has 1 heterocycles. The van der Waals surface area contributed by atoms with E-state index in [2.05, 4.69) is 21.2 Å². The van der Waals surface area contributed by atoms with Crippen molar-refractivity contribution in [1.29, 1.82) is 0 Å². The molecule has 1 aliphatic rings. The van der Waals surface area contributed by atoms with E-state index < -0.39 is 7.75 Å². The van der Waals surface area contributed by atoms with Crippen molar-refractivity contribution in [2.45, 2.75) is 71.1 Å². The topological polar surface area (TPSA) is 80.4 Å². The van der Waals surface area contributed by atoms with Crippen molar-refractivity contribution in [1.82, 2.24) is 9.80 Å². The molecule has 7 nitrogen and oxygen atoms in total. The van der Waals surface area contributed by atoms with Gasteiger partial charge in [0.1, 0.15) is 0 Å². The smallest absolute Gasteiger partial charge is 0.344 e. The van der Waals surface area contributed by atoms with E-state index in [0.717, 1.165) is 26.1 Å². The summed E-state index contributed by atoms with van der Waals surface area (Å²) in [6, 6.07) is 0. The van der Waals surface area contributed by atoms with Crippen LogP contribution in [-0.4, -0.2) is 49.6 Å². The summed E-state index contributed by atoms with van der Waals surface area (Å²) >= 11 is 0. The van der Waals surface area contributed by atoms with Gasteiger partial charge in [0, 0.05) is 33.8 Å². The van der Waals surface area contributed by atoms with Gasteiger partial charge >= 0.3 is 7.75 Å². The Morgan fingerprint density at radius 1 is 1.04 bits per heavy atom. The van der Waals surface area contributed by atoms with Crippen molar-refractivity contribution in [2.24, 2.45) is 10.7 Å². The van der Waals surface area contributed by atoms with E-state index >= 15 is 0 Å². The van der Waals surface area contributed by atoms with Gasteiger partial charge in [-0.15, -0.1) is 4.76 Å². The van der Waals surface area contributed by atoms with Gasteiger partial charge in [-0.2, -0.15) is 0 Å². The number of hydrogen-bond acceptors (Lipinski definition) is 4. The lowest BCUT2D eigenvalue weighted by Gasteiger charge is -2.21. The summed E-state index contributed by atoms with van der Waals surface area (Å²) < 4.78 is 25.5. The number of nitrogens with two attached hydrogens (primary N) is 1. The van der Waals surface area contributed by atoms with Crippen LogP contribution in [0.3, 0.4) is 0 Å². The van der Waals surface area contributed by atoms with Crippen LogP contribution >= 0.6 is 7.75 Å². The van der Waals surface area contributed by atoms with Gasteiger partial charge < -0.3 is 9.80 Å². The van der Waals surface area contributed by atoms with Crippen LogP contribution in [0.4, 0.5) is 0 Å². The standard InChI is InChI=1S/C17H37N4O3P/c1-4-5-6-7-8-9-10-11-12-13-14-21-16-15-20(2)17(21)19-25(22,23-3)24-18/h4-16,18H2,1-3H3/b19-17+. The third-order valence-electron chi connectivity index (χ3n) is 4.69. The van der Waals surface area contributed by atoms with E-state index in [-0.39, 0.29) is 0 Å². The van der Waals surface area contributed by atoms with Crippen LogP contribution in [0.15, 0.2) is 4.76 Å². The molecule has 25 heavy (non-hydrogen) atoms. The first-order valence-electron chi connectivity index (χ1n) is 9.67. The van der Waals surface area contributed by atoms with Crippen molar-refractivity contribution in [3.63, 3.8) is 0 Å². The Kier molecular flexibility index (Phi) is 11.4. The van der Waals surface area contributed by atoms with E-state index in [1.165, 1.54) is 64.9 Å². The lowest BCUT2D eigenvalue weighted by molar-refractivity contribution is 0.239. The number of hydrogen-bond donors (Lipinski definition) is 1. The maximum absolute atomic E-state index is 12.1. The summed E-state index contributed by atoms with van der Waals surface area (Å²) in [6.45, 7) is 4.89. The predicted octanol–water partition coefficient (Wildman–Crippen LogP) is 4.16. The van der Waals surface area contributed by atoms with Crippen molar-refractivity contribution in [3.8, 4) is 0 Å². The first-order chi connectivity index (χ1) is 12.1. The summed E-state index contributed by atoms with van der Waals surface area (Å²) in [5.41, 5.74) is 0. The highest BCUT2D eigenvalue weighted by Crippen LogP contribution is 2.47. The average molecular weight is 376 g/mol. The first-order valence-corrected chi connectivity index (χ1v) is 11.2. The SMILES string of the molecule is CCCCCCCCCCCCN1CCN(C)/C1=N\P(=O)(OC)ON. The van der Waals surface area contributed by atoms with Crippen LogP contribution in [0, 0.1) is 0 Å². The third kappa shape index (κ3) is 8.54. The molecule has 1 unspecified atom stereocenters. The van der Waals surface area contributed by atoms with Crippen LogP contribution in [0.5, 0.6) is 0 Å². The summed E-state index contributed by atoms with van der Waals surface area (Å²) in [5, 5.41) is 0. The fourth-order valence-electron chi connectivity index (χ4n) is 3.07. The molecule has 0 aliphatic carbocycles. The molecule has 1 aliphatic heterocycles. The van der Waals surface area contributed by atoms with Crippen molar-refractivity contribution < 1.29 is 13.7 Å². The van der Waals surface area contributed by atoms with Crippen LogP contribution in [0.2, 0.25) is 0 Å². The Morgan fingerprint density at radius 3 is 2.12 bits per heavy atom. The Morgan fingerprint density at radius 2 is 1.60 bits per heavy atom. The van der Waals surface area contributed by atoms with E-state index in [0.29, 0.717) is 5.96 Å². The van der Waals surface area contributed by atoms with Gasteiger partial charge in [-0.25, -0.2) is 15.1 Å². The molecule has 0 aromatic carbocycles. The molecule has 0 amide bonds. The second kappa shape index (κ2) is 12.7. The van der Waals surface area contributed by atoms with Gasteiger partial charge in [0.2, 0.25) is 5.96 Å². The predicted molar refractivity (Wildman–Crippen MR) is 103 cm³/mol. The molecule has 1 saturated heterocycles.